The van der Waals surface area contributed by atoms with Gasteiger partial charge in [0.15, 0.2) is 5.13 Å². The number of nitrogens with zero attached hydrogens (tertiary/aromatic N) is 3. The number of nitrogens with one attached hydrogen (secondary N) is 2. The van der Waals surface area contributed by atoms with Crippen molar-refractivity contribution < 1.29 is 4.79 Å². The van der Waals surface area contributed by atoms with Gasteiger partial charge in [0.25, 0.3) is 5.91 Å². The molecule has 0 aliphatic heterocycles. The van der Waals surface area contributed by atoms with Crippen molar-refractivity contribution >= 4 is 56.8 Å². The average molecular weight is 442 g/mol. The van der Waals surface area contributed by atoms with Crippen LogP contribution in [0.15, 0.2) is 48.0 Å². The van der Waals surface area contributed by atoms with Crippen LogP contribution in [0.4, 0.5) is 16.6 Å². The van der Waals surface area contributed by atoms with Crippen LogP contribution < -0.4 is 10.6 Å². The van der Waals surface area contributed by atoms with Crippen LogP contribution in [0.3, 0.4) is 0 Å². The predicted molar refractivity (Wildman–Crippen MR) is 120 cm³/mol. The Hall–Kier alpha value is -2.81. The van der Waals surface area contributed by atoms with E-state index in [1.54, 1.807) is 35.6 Å². The number of rotatable bonds is 5. The molecule has 0 unspecified atom stereocenters. The Kier molecular flexibility index (Phi) is 5.57. The van der Waals surface area contributed by atoms with E-state index in [0.717, 1.165) is 26.4 Å². The minimum Gasteiger partial charge on any atom is -0.321 e. The molecule has 3 aromatic heterocycles. The number of hydrogen-bond donors (Lipinski definition) is 2. The summed E-state index contributed by atoms with van der Waals surface area (Å²) in [5, 5.41) is 10.2. The van der Waals surface area contributed by atoms with Crippen LogP contribution in [0, 0.1) is 13.8 Å². The fourth-order valence-electron chi connectivity index (χ4n) is 2.67. The number of pyridine rings is 1. The Morgan fingerprint density at radius 3 is 2.62 bits per heavy atom. The van der Waals surface area contributed by atoms with Crippen molar-refractivity contribution in [3.05, 3.63) is 69.3 Å². The number of anilines is 3. The van der Waals surface area contributed by atoms with Gasteiger partial charge in [0.1, 0.15) is 5.82 Å². The van der Waals surface area contributed by atoms with Gasteiger partial charge in [0, 0.05) is 11.6 Å². The number of hydrogen-bond acceptors (Lipinski definition) is 7. The van der Waals surface area contributed by atoms with E-state index in [0.29, 0.717) is 22.1 Å². The summed E-state index contributed by atoms with van der Waals surface area (Å²) < 4.78 is 0. The van der Waals surface area contributed by atoms with Gasteiger partial charge in [-0.15, -0.1) is 22.7 Å². The molecule has 1 amide bonds. The molecule has 4 aromatic rings. The molecule has 6 nitrogen and oxygen atoms in total. The zero-order valence-electron chi connectivity index (χ0n) is 15.6. The van der Waals surface area contributed by atoms with E-state index >= 15 is 0 Å². The number of benzene rings is 1. The molecule has 0 spiro atoms. The normalized spacial score (nSPS) is 10.7. The number of carbonyl (C=O) groups excluding carboxylic acids is 1. The summed E-state index contributed by atoms with van der Waals surface area (Å²) in [7, 11) is 0. The van der Waals surface area contributed by atoms with E-state index in [1.165, 1.54) is 17.5 Å². The van der Waals surface area contributed by atoms with Crippen molar-refractivity contribution in [2.24, 2.45) is 0 Å². The fourth-order valence-corrected chi connectivity index (χ4v) is 4.52. The molecule has 9 heteroatoms. The molecular formula is C20H16ClN5OS2. The van der Waals surface area contributed by atoms with Crippen LogP contribution in [0.25, 0.3) is 10.6 Å². The van der Waals surface area contributed by atoms with Gasteiger partial charge >= 0.3 is 0 Å². The highest BCUT2D eigenvalue weighted by atomic mass is 35.5. The predicted octanol–water partition coefficient (Wildman–Crippen LogP) is 5.93. The maximum atomic E-state index is 12.4. The van der Waals surface area contributed by atoms with Gasteiger partial charge in [0.05, 0.1) is 37.5 Å². The van der Waals surface area contributed by atoms with Gasteiger partial charge in [-0.25, -0.2) is 15.0 Å². The lowest BCUT2D eigenvalue weighted by atomic mass is 10.2. The second-order valence-corrected chi connectivity index (χ2v) is 8.64. The molecule has 0 saturated carbocycles. The van der Waals surface area contributed by atoms with Crippen molar-refractivity contribution in [1.82, 2.24) is 15.0 Å². The fraction of sp³-hybridized carbons (Fsp3) is 0.100. The van der Waals surface area contributed by atoms with Crippen LogP contribution in [0.5, 0.6) is 0 Å². The first kappa shape index (κ1) is 19.5. The van der Waals surface area contributed by atoms with Crippen LogP contribution >= 0.6 is 34.3 Å². The van der Waals surface area contributed by atoms with Crippen molar-refractivity contribution in [2.45, 2.75) is 13.8 Å². The highest BCUT2D eigenvalue weighted by Crippen LogP contribution is 2.32. The third-order valence-electron chi connectivity index (χ3n) is 4.02. The topological polar surface area (TPSA) is 79.8 Å². The van der Waals surface area contributed by atoms with Gasteiger partial charge in [-0.3, -0.25) is 4.79 Å². The van der Waals surface area contributed by atoms with Crippen molar-refractivity contribution in [1.29, 1.82) is 0 Å². The number of aromatic nitrogens is 3. The molecule has 0 saturated heterocycles. The van der Waals surface area contributed by atoms with Gasteiger partial charge in [-0.1, -0.05) is 23.7 Å². The van der Waals surface area contributed by atoms with Crippen molar-refractivity contribution in [3.63, 3.8) is 0 Å². The smallest absolute Gasteiger partial charge is 0.257 e. The standard InChI is InChI=1S/C20H16ClN5OS2/c1-11-18(29-12(2)23-11)16-10-28-20(25-16)26-17-8-7-13(9-22-17)19(27)24-15-6-4-3-5-14(15)21/h3-10H,1-2H3,(H,24,27)(H,22,25,26). The van der Waals surface area contributed by atoms with Crippen LogP contribution in [0.2, 0.25) is 5.02 Å². The van der Waals surface area contributed by atoms with Gasteiger partial charge in [-0.2, -0.15) is 0 Å². The first-order valence-corrected chi connectivity index (χ1v) is 10.8. The molecule has 0 atom stereocenters. The third kappa shape index (κ3) is 4.45. The first-order valence-electron chi connectivity index (χ1n) is 8.68. The summed E-state index contributed by atoms with van der Waals surface area (Å²) in [6, 6.07) is 10.5. The van der Waals surface area contributed by atoms with E-state index in [4.69, 9.17) is 11.6 Å². The molecule has 0 fully saturated rings. The number of para-hydroxylation sites is 1. The Bertz CT molecular complexity index is 1170. The number of aryl methyl sites for hydroxylation is 2. The maximum absolute atomic E-state index is 12.4. The van der Waals surface area contributed by atoms with Gasteiger partial charge in [0.2, 0.25) is 0 Å². The largest absolute Gasteiger partial charge is 0.321 e. The summed E-state index contributed by atoms with van der Waals surface area (Å²) in [5.74, 6) is 0.335. The highest BCUT2D eigenvalue weighted by molar-refractivity contribution is 7.16. The Morgan fingerprint density at radius 1 is 1.10 bits per heavy atom. The summed E-state index contributed by atoms with van der Waals surface area (Å²) >= 11 is 9.20. The molecule has 0 aliphatic carbocycles. The van der Waals surface area contributed by atoms with Crippen LogP contribution in [-0.2, 0) is 0 Å². The molecule has 146 valence electrons. The molecule has 2 N–H and O–H groups in total. The number of carbonyl (C=O) groups is 1. The maximum Gasteiger partial charge on any atom is 0.257 e. The Labute approximate surface area is 180 Å². The quantitative estimate of drug-likeness (QED) is 0.401. The molecule has 3 heterocycles. The Balaban J connectivity index is 1.44. The number of thiazole rings is 2. The van der Waals surface area contributed by atoms with Crippen LogP contribution in [-0.4, -0.2) is 20.9 Å². The minimum absolute atomic E-state index is 0.273. The summed E-state index contributed by atoms with van der Waals surface area (Å²) in [6.45, 7) is 3.97. The molecule has 4 rings (SSSR count). The zero-order valence-corrected chi connectivity index (χ0v) is 18.0. The summed E-state index contributed by atoms with van der Waals surface area (Å²) in [4.78, 5) is 26.8. The van der Waals surface area contributed by atoms with Crippen molar-refractivity contribution in [3.8, 4) is 10.6 Å². The molecule has 0 radical (unpaired) electrons. The molecule has 1 aromatic carbocycles. The van der Waals surface area contributed by atoms with E-state index in [2.05, 4.69) is 25.6 Å². The lowest BCUT2D eigenvalue weighted by Gasteiger charge is -2.07. The molecule has 0 aliphatic rings. The lowest BCUT2D eigenvalue weighted by molar-refractivity contribution is 0.102. The second kappa shape index (κ2) is 8.28. The SMILES string of the molecule is Cc1nc(C)c(-c2csc(Nc3ccc(C(=O)Nc4ccccc4Cl)cn3)n2)s1. The lowest BCUT2D eigenvalue weighted by Crippen LogP contribution is -2.12. The van der Waals surface area contributed by atoms with E-state index in [-0.39, 0.29) is 5.91 Å². The van der Waals surface area contributed by atoms with Crippen LogP contribution in [0.1, 0.15) is 21.1 Å². The number of amides is 1. The molecule has 0 bridgehead atoms. The van der Waals surface area contributed by atoms with Gasteiger partial charge < -0.3 is 10.6 Å². The Morgan fingerprint density at radius 2 is 1.93 bits per heavy atom. The van der Waals surface area contributed by atoms with Crippen molar-refractivity contribution in [2.75, 3.05) is 10.6 Å². The first-order chi connectivity index (χ1) is 14.0. The van der Waals surface area contributed by atoms with Gasteiger partial charge in [-0.05, 0) is 38.1 Å². The monoisotopic (exact) mass is 441 g/mol. The number of halogens is 1. The van der Waals surface area contributed by atoms with E-state index in [9.17, 15) is 4.79 Å². The third-order valence-corrected chi connectivity index (χ3v) is 6.21. The average Bonchev–Trinajstić information content (AvgIpc) is 3.29. The zero-order chi connectivity index (χ0) is 20.4. The molecule has 29 heavy (non-hydrogen) atoms. The van der Waals surface area contributed by atoms with E-state index in [1.807, 2.05) is 31.4 Å². The molecular weight excluding hydrogens is 426 g/mol. The van der Waals surface area contributed by atoms with E-state index < -0.39 is 0 Å². The summed E-state index contributed by atoms with van der Waals surface area (Å²) in [5.41, 5.74) is 2.88. The summed E-state index contributed by atoms with van der Waals surface area (Å²) in [6.07, 6.45) is 1.51. The second-order valence-electron chi connectivity index (χ2n) is 6.18. The minimum atomic E-state index is -0.273. The highest BCUT2D eigenvalue weighted by Gasteiger charge is 2.13.